The lowest BCUT2D eigenvalue weighted by Crippen LogP contribution is -2.16. The van der Waals surface area contributed by atoms with Gasteiger partial charge in [0.05, 0.1) is 0 Å². The Morgan fingerprint density at radius 3 is 3.09 bits per heavy atom. The first-order valence-corrected chi connectivity index (χ1v) is 4.15. The summed E-state index contributed by atoms with van der Waals surface area (Å²) < 4.78 is 0. The van der Waals surface area contributed by atoms with E-state index in [1.54, 1.807) is 13.0 Å². The van der Waals surface area contributed by atoms with Gasteiger partial charge in [0.25, 0.3) is 0 Å². The van der Waals surface area contributed by atoms with E-state index in [9.17, 15) is 10.1 Å². The van der Waals surface area contributed by atoms with Gasteiger partial charge in [-0.1, -0.05) is 0 Å². The van der Waals surface area contributed by atoms with Gasteiger partial charge in [0.1, 0.15) is 0 Å². The predicted molar refractivity (Wildman–Crippen MR) is 43.3 cm³/mol. The zero-order valence-electron chi connectivity index (χ0n) is 6.11. The molecule has 1 aromatic heterocycles. The Morgan fingerprint density at radius 1 is 1.91 bits per heavy atom. The number of hydrogen-bond donors (Lipinski definition) is 0. The number of nitrogens with zero attached hydrogens (tertiary/aromatic N) is 1. The molecule has 0 amide bonds. The van der Waals surface area contributed by atoms with E-state index in [0.717, 1.165) is 4.88 Å². The molecule has 1 rings (SSSR count). The van der Waals surface area contributed by atoms with E-state index in [1.807, 2.05) is 5.38 Å². The van der Waals surface area contributed by atoms with E-state index in [2.05, 4.69) is 6.07 Å². The molecule has 11 heavy (non-hydrogen) atoms. The van der Waals surface area contributed by atoms with Crippen LogP contribution in [0.3, 0.4) is 0 Å². The first-order valence-electron chi connectivity index (χ1n) is 3.27. The van der Waals surface area contributed by atoms with Crippen molar-refractivity contribution in [2.45, 2.75) is 19.4 Å². The normalized spacial score (nSPS) is 12.8. The van der Waals surface area contributed by atoms with Crippen molar-refractivity contribution in [2.75, 3.05) is 0 Å². The number of nitro groups is 1. The van der Waals surface area contributed by atoms with E-state index in [0.29, 0.717) is 6.42 Å². The molecule has 0 N–H and O–H groups in total. The monoisotopic (exact) mass is 170 g/mol. The van der Waals surface area contributed by atoms with Gasteiger partial charge in [-0.15, -0.1) is 11.3 Å². The summed E-state index contributed by atoms with van der Waals surface area (Å²) in [5, 5.41) is 12.0. The Balaban J connectivity index is 2.50. The SMILES string of the molecule is CC(Cc1c[c]cs1)[N+](=O)[O-]. The van der Waals surface area contributed by atoms with Gasteiger partial charge in [-0.2, -0.15) is 0 Å². The van der Waals surface area contributed by atoms with Crippen LogP contribution in [0.4, 0.5) is 0 Å². The Labute approximate surface area is 68.8 Å². The highest BCUT2D eigenvalue weighted by Gasteiger charge is 2.13. The molecule has 1 aromatic rings. The molecule has 1 unspecified atom stereocenters. The summed E-state index contributed by atoms with van der Waals surface area (Å²) in [5.74, 6) is 0. The lowest BCUT2D eigenvalue weighted by Gasteiger charge is -1.99. The molecular formula is C7H8NO2S. The van der Waals surface area contributed by atoms with Gasteiger partial charge >= 0.3 is 0 Å². The summed E-state index contributed by atoms with van der Waals surface area (Å²) >= 11 is 1.51. The van der Waals surface area contributed by atoms with Crippen LogP contribution in [0.15, 0.2) is 11.4 Å². The van der Waals surface area contributed by atoms with Crippen LogP contribution in [0, 0.1) is 16.2 Å². The Kier molecular flexibility index (Phi) is 2.59. The van der Waals surface area contributed by atoms with Gasteiger partial charge in [-0.05, 0) is 17.5 Å². The second kappa shape index (κ2) is 3.48. The van der Waals surface area contributed by atoms with Gasteiger partial charge < -0.3 is 0 Å². The van der Waals surface area contributed by atoms with Crippen LogP contribution in [0.5, 0.6) is 0 Å². The van der Waals surface area contributed by atoms with Gasteiger partial charge in [-0.25, -0.2) is 0 Å². The lowest BCUT2D eigenvalue weighted by atomic mass is 10.2. The lowest BCUT2D eigenvalue weighted by molar-refractivity contribution is -0.517. The Bertz CT molecular complexity index is 233. The maximum absolute atomic E-state index is 10.2. The van der Waals surface area contributed by atoms with E-state index in [-0.39, 0.29) is 4.92 Å². The highest BCUT2D eigenvalue weighted by Crippen LogP contribution is 2.11. The standard InChI is InChI=1S/C7H8NO2S/c1-6(8(9)10)5-7-3-2-4-11-7/h3-4,6H,5H2,1H3. The maximum atomic E-state index is 10.2. The molecule has 0 spiro atoms. The molecule has 0 saturated carbocycles. The van der Waals surface area contributed by atoms with Gasteiger partial charge in [-0.3, -0.25) is 10.1 Å². The fraction of sp³-hybridized carbons (Fsp3) is 0.429. The summed E-state index contributed by atoms with van der Waals surface area (Å²) in [7, 11) is 0. The second-order valence-electron chi connectivity index (χ2n) is 2.35. The molecular weight excluding hydrogens is 162 g/mol. The molecule has 59 valence electrons. The highest BCUT2D eigenvalue weighted by molar-refractivity contribution is 7.09. The van der Waals surface area contributed by atoms with E-state index in [4.69, 9.17) is 0 Å². The predicted octanol–water partition coefficient (Wildman–Crippen LogP) is 1.76. The Hall–Kier alpha value is -0.900. The number of hydrogen-bond acceptors (Lipinski definition) is 3. The third kappa shape index (κ3) is 2.31. The minimum Gasteiger partial charge on any atom is -0.264 e. The van der Waals surface area contributed by atoms with Crippen molar-refractivity contribution in [3.63, 3.8) is 0 Å². The average molecular weight is 170 g/mol. The number of thiophene rings is 1. The molecule has 1 atom stereocenters. The molecule has 0 aliphatic heterocycles. The summed E-state index contributed by atoms with van der Waals surface area (Å²) in [4.78, 5) is 11.0. The summed E-state index contributed by atoms with van der Waals surface area (Å²) in [6.45, 7) is 1.61. The molecule has 0 fully saturated rings. The molecule has 4 heteroatoms. The third-order valence-corrected chi connectivity index (χ3v) is 2.22. The van der Waals surface area contributed by atoms with Gasteiger partial charge in [0, 0.05) is 23.1 Å². The summed E-state index contributed by atoms with van der Waals surface area (Å²) in [5.41, 5.74) is 0. The smallest absolute Gasteiger partial charge is 0.215 e. The third-order valence-electron chi connectivity index (χ3n) is 1.38. The van der Waals surface area contributed by atoms with Crippen molar-refractivity contribution in [3.8, 4) is 0 Å². The van der Waals surface area contributed by atoms with Crippen molar-refractivity contribution in [3.05, 3.63) is 32.5 Å². The fourth-order valence-electron chi connectivity index (χ4n) is 0.743. The second-order valence-corrected chi connectivity index (χ2v) is 3.35. The minimum atomic E-state index is -0.484. The minimum absolute atomic E-state index is 0.264. The van der Waals surface area contributed by atoms with Crippen molar-refractivity contribution in [2.24, 2.45) is 0 Å². The largest absolute Gasteiger partial charge is 0.264 e. The van der Waals surface area contributed by atoms with Crippen molar-refractivity contribution >= 4 is 11.3 Å². The molecule has 0 saturated heterocycles. The zero-order chi connectivity index (χ0) is 8.27. The van der Waals surface area contributed by atoms with Crippen LogP contribution in [0.25, 0.3) is 0 Å². The van der Waals surface area contributed by atoms with Crippen LogP contribution in [-0.2, 0) is 6.42 Å². The van der Waals surface area contributed by atoms with E-state index in [1.165, 1.54) is 11.3 Å². The first-order chi connectivity index (χ1) is 5.20. The molecule has 0 aromatic carbocycles. The average Bonchev–Trinajstić information content (AvgIpc) is 2.39. The molecule has 0 aliphatic rings. The quantitative estimate of drug-likeness (QED) is 0.512. The van der Waals surface area contributed by atoms with Gasteiger partial charge in [0.15, 0.2) is 0 Å². The van der Waals surface area contributed by atoms with Crippen LogP contribution in [-0.4, -0.2) is 11.0 Å². The number of rotatable bonds is 3. The zero-order valence-corrected chi connectivity index (χ0v) is 6.93. The van der Waals surface area contributed by atoms with Crippen LogP contribution in [0.1, 0.15) is 11.8 Å². The molecule has 1 heterocycles. The maximum Gasteiger partial charge on any atom is 0.215 e. The van der Waals surface area contributed by atoms with Crippen molar-refractivity contribution < 1.29 is 4.92 Å². The first kappa shape index (κ1) is 8.20. The molecule has 0 bridgehead atoms. The topological polar surface area (TPSA) is 43.1 Å². The van der Waals surface area contributed by atoms with Crippen molar-refractivity contribution in [1.82, 2.24) is 0 Å². The van der Waals surface area contributed by atoms with Crippen LogP contribution in [0.2, 0.25) is 0 Å². The molecule has 1 radical (unpaired) electrons. The van der Waals surface area contributed by atoms with E-state index < -0.39 is 6.04 Å². The van der Waals surface area contributed by atoms with Crippen LogP contribution < -0.4 is 0 Å². The summed E-state index contributed by atoms with van der Waals surface area (Å²) in [6, 6.07) is 4.18. The molecule has 3 nitrogen and oxygen atoms in total. The Morgan fingerprint density at radius 2 is 2.64 bits per heavy atom. The fourth-order valence-corrected chi connectivity index (χ4v) is 1.50. The van der Waals surface area contributed by atoms with Gasteiger partial charge in [0.2, 0.25) is 6.04 Å². The van der Waals surface area contributed by atoms with Crippen LogP contribution >= 0.6 is 11.3 Å². The summed E-state index contributed by atoms with van der Waals surface area (Å²) in [6.07, 6.45) is 0.515. The van der Waals surface area contributed by atoms with E-state index >= 15 is 0 Å². The molecule has 0 aliphatic carbocycles. The van der Waals surface area contributed by atoms with Crippen molar-refractivity contribution in [1.29, 1.82) is 0 Å². The highest BCUT2D eigenvalue weighted by atomic mass is 32.1.